The monoisotopic (exact) mass is 310 g/mol. The normalized spacial score (nSPS) is 32.7. The van der Waals surface area contributed by atoms with E-state index in [9.17, 15) is 0 Å². The molecule has 0 N–H and O–H groups in total. The Morgan fingerprint density at radius 3 is 2.68 bits per heavy atom. The lowest BCUT2D eigenvalue weighted by molar-refractivity contribution is 0.332. The van der Waals surface area contributed by atoms with Gasteiger partial charge in [0.1, 0.15) is 0 Å². The zero-order chi connectivity index (χ0) is 15.2. The van der Waals surface area contributed by atoms with E-state index in [0.29, 0.717) is 5.41 Å². The summed E-state index contributed by atoms with van der Waals surface area (Å²) in [5.74, 6) is 1.57. The summed E-state index contributed by atoms with van der Waals surface area (Å²) in [7, 11) is 0. The maximum Gasteiger partial charge on any atom is 0.0229 e. The van der Waals surface area contributed by atoms with Gasteiger partial charge in [-0.05, 0) is 60.6 Å². The molecular weight excluding hydrogens is 284 g/mol. The molecule has 0 aromatic heterocycles. The van der Waals surface area contributed by atoms with E-state index < -0.39 is 0 Å². The second kappa shape index (κ2) is 5.60. The Balaban J connectivity index is 1.68. The van der Waals surface area contributed by atoms with Crippen molar-refractivity contribution in [2.24, 2.45) is 17.3 Å². The molecule has 0 aliphatic heterocycles. The van der Waals surface area contributed by atoms with E-state index in [4.69, 9.17) is 0 Å². The molecule has 0 nitrogen and oxygen atoms in total. The molecule has 0 spiro atoms. The Labute approximate surface area is 139 Å². The number of hydrogen-bond donors (Lipinski definition) is 0. The summed E-state index contributed by atoms with van der Waals surface area (Å²) in [6.07, 6.45) is 12.0. The van der Waals surface area contributed by atoms with Gasteiger partial charge < -0.3 is 0 Å². The number of fused-ring (bicyclic) bond motifs is 2. The molecule has 0 bridgehead atoms. The maximum absolute atomic E-state index is 2.59. The summed E-state index contributed by atoms with van der Waals surface area (Å²) in [5, 5.41) is 0.746. The van der Waals surface area contributed by atoms with E-state index in [1.54, 1.807) is 11.1 Å². The van der Waals surface area contributed by atoms with Crippen molar-refractivity contribution < 1.29 is 0 Å². The van der Waals surface area contributed by atoms with Crippen molar-refractivity contribution in [3.05, 3.63) is 53.6 Å². The molecule has 0 heterocycles. The van der Waals surface area contributed by atoms with Crippen LogP contribution in [-0.2, 0) is 0 Å². The van der Waals surface area contributed by atoms with Crippen LogP contribution in [0.1, 0.15) is 46.0 Å². The number of rotatable bonds is 2. The Morgan fingerprint density at radius 1 is 1.05 bits per heavy atom. The number of thioether (sulfide) groups is 1. The van der Waals surface area contributed by atoms with Gasteiger partial charge in [-0.1, -0.05) is 56.2 Å². The molecule has 3 aliphatic carbocycles. The summed E-state index contributed by atoms with van der Waals surface area (Å²) in [6.45, 7) is 4.81. The Morgan fingerprint density at radius 2 is 1.86 bits per heavy atom. The molecule has 0 saturated heterocycles. The van der Waals surface area contributed by atoms with Gasteiger partial charge in [0.15, 0.2) is 0 Å². The standard InChI is InChI=1S/C21H26S/c1-21(2)13-16-12-15-8-6-7-11-18(15)20(19(16)14-21)22-17-9-4-3-5-10-17/h3-5,9-10,12-13,18-20H,6-8,11,14H2,1-2H3/t18-,19?,20?/m1/s1. The first-order valence-corrected chi connectivity index (χ1v) is 9.65. The van der Waals surface area contributed by atoms with Gasteiger partial charge >= 0.3 is 0 Å². The zero-order valence-corrected chi connectivity index (χ0v) is 14.5. The van der Waals surface area contributed by atoms with Gasteiger partial charge in [0.25, 0.3) is 0 Å². The fraction of sp³-hybridized carbons (Fsp3) is 0.524. The first-order valence-electron chi connectivity index (χ1n) is 8.77. The predicted octanol–water partition coefficient (Wildman–Crippen LogP) is 6.25. The zero-order valence-electron chi connectivity index (χ0n) is 13.7. The van der Waals surface area contributed by atoms with Gasteiger partial charge in [-0.25, -0.2) is 0 Å². The average Bonchev–Trinajstić information content (AvgIpc) is 2.82. The molecule has 3 atom stereocenters. The topological polar surface area (TPSA) is 0 Å². The van der Waals surface area contributed by atoms with Crippen LogP contribution in [0, 0.1) is 17.3 Å². The van der Waals surface area contributed by atoms with E-state index in [1.807, 2.05) is 0 Å². The molecule has 22 heavy (non-hydrogen) atoms. The van der Waals surface area contributed by atoms with Crippen molar-refractivity contribution in [2.75, 3.05) is 0 Å². The lowest BCUT2D eigenvalue weighted by Gasteiger charge is -2.41. The molecule has 1 fully saturated rings. The predicted molar refractivity (Wildman–Crippen MR) is 96.1 cm³/mol. The summed E-state index contributed by atoms with van der Waals surface area (Å²) >= 11 is 2.15. The SMILES string of the molecule is CC1(C)C=C2C=C3CCCC[C@H]3C(Sc3ccccc3)C2C1. The van der Waals surface area contributed by atoms with Crippen molar-refractivity contribution in [3.8, 4) is 0 Å². The van der Waals surface area contributed by atoms with Gasteiger partial charge in [-0.15, -0.1) is 11.8 Å². The van der Waals surface area contributed by atoms with E-state index in [2.05, 4.69) is 68.1 Å². The largest absolute Gasteiger partial charge is 0.121 e. The molecule has 0 amide bonds. The first kappa shape index (κ1) is 14.6. The second-order valence-electron chi connectivity index (χ2n) is 7.91. The van der Waals surface area contributed by atoms with Crippen LogP contribution < -0.4 is 0 Å². The maximum atomic E-state index is 2.59. The van der Waals surface area contributed by atoms with E-state index in [-0.39, 0.29) is 0 Å². The average molecular weight is 311 g/mol. The third-order valence-electron chi connectivity index (χ3n) is 5.60. The van der Waals surface area contributed by atoms with Crippen LogP contribution >= 0.6 is 11.8 Å². The lowest BCUT2D eigenvalue weighted by atomic mass is 9.71. The molecule has 1 aromatic carbocycles. The Kier molecular flexibility index (Phi) is 3.72. The van der Waals surface area contributed by atoms with Crippen LogP contribution in [-0.4, -0.2) is 5.25 Å². The van der Waals surface area contributed by atoms with Crippen LogP contribution in [0.2, 0.25) is 0 Å². The van der Waals surface area contributed by atoms with E-state index in [0.717, 1.165) is 17.1 Å². The van der Waals surface area contributed by atoms with Crippen molar-refractivity contribution in [1.82, 2.24) is 0 Å². The second-order valence-corrected chi connectivity index (χ2v) is 9.16. The van der Waals surface area contributed by atoms with Gasteiger partial charge in [-0.2, -0.15) is 0 Å². The van der Waals surface area contributed by atoms with E-state index in [1.165, 1.54) is 37.0 Å². The molecule has 4 rings (SSSR count). The molecule has 3 aliphatic rings. The van der Waals surface area contributed by atoms with Crippen LogP contribution in [0.25, 0.3) is 0 Å². The van der Waals surface area contributed by atoms with Gasteiger partial charge in [-0.3, -0.25) is 0 Å². The molecule has 116 valence electrons. The highest BCUT2D eigenvalue weighted by atomic mass is 32.2. The van der Waals surface area contributed by atoms with Crippen molar-refractivity contribution in [1.29, 1.82) is 0 Å². The molecule has 1 saturated carbocycles. The first-order chi connectivity index (χ1) is 10.6. The summed E-state index contributed by atoms with van der Waals surface area (Å²) in [6, 6.07) is 11.1. The molecule has 1 aromatic rings. The van der Waals surface area contributed by atoms with Crippen LogP contribution in [0.5, 0.6) is 0 Å². The fourth-order valence-electron chi connectivity index (χ4n) is 4.69. The highest BCUT2D eigenvalue weighted by Gasteiger charge is 2.43. The van der Waals surface area contributed by atoms with Gasteiger partial charge in [0, 0.05) is 10.1 Å². The fourth-order valence-corrected chi connectivity index (χ4v) is 6.21. The molecule has 1 heteroatoms. The van der Waals surface area contributed by atoms with Crippen LogP contribution in [0.4, 0.5) is 0 Å². The molecule has 2 unspecified atom stereocenters. The smallest absolute Gasteiger partial charge is 0.0229 e. The number of benzene rings is 1. The molecular formula is C21H26S. The quantitative estimate of drug-likeness (QED) is 0.622. The third-order valence-corrected chi connectivity index (χ3v) is 7.07. The van der Waals surface area contributed by atoms with Crippen molar-refractivity contribution in [3.63, 3.8) is 0 Å². The van der Waals surface area contributed by atoms with Crippen LogP contribution in [0.3, 0.4) is 0 Å². The highest BCUT2D eigenvalue weighted by Crippen LogP contribution is 2.54. The third kappa shape index (κ3) is 2.69. The minimum absolute atomic E-state index is 0.375. The molecule has 0 radical (unpaired) electrons. The minimum Gasteiger partial charge on any atom is -0.121 e. The highest BCUT2D eigenvalue weighted by molar-refractivity contribution is 8.00. The lowest BCUT2D eigenvalue weighted by Crippen LogP contribution is -2.33. The van der Waals surface area contributed by atoms with Gasteiger partial charge in [0.05, 0.1) is 0 Å². The van der Waals surface area contributed by atoms with E-state index >= 15 is 0 Å². The summed E-state index contributed by atoms with van der Waals surface area (Å²) < 4.78 is 0. The number of hydrogen-bond acceptors (Lipinski definition) is 1. The summed E-state index contributed by atoms with van der Waals surface area (Å²) in [5.41, 5.74) is 3.77. The number of allylic oxidation sites excluding steroid dienone is 4. The van der Waals surface area contributed by atoms with Crippen molar-refractivity contribution in [2.45, 2.75) is 56.1 Å². The van der Waals surface area contributed by atoms with Gasteiger partial charge in [0.2, 0.25) is 0 Å². The Hall–Kier alpha value is -0.950. The Bertz CT molecular complexity index is 608. The summed E-state index contributed by atoms with van der Waals surface area (Å²) in [4.78, 5) is 1.45. The van der Waals surface area contributed by atoms with Crippen molar-refractivity contribution >= 4 is 11.8 Å². The minimum atomic E-state index is 0.375. The van der Waals surface area contributed by atoms with Crippen LogP contribution in [0.15, 0.2) is 58.5 Å².